The highest BCUT2D eigenvalue weighted by atomic mass is 32.2. The summed E-state index contributed by atoms with van der Waals surface area (Å²) >= 11 is 6.93. The summed E-state index contributed by atoms with van der Waals surface area (Å²) < 4.78 is 0. The molecule has 0 saturated carbocycles. The number of thiol groups is 1. The van der Waals surface area contributed by atoms with E-state index < -0.39 is 0 Å². The smallest absolute Gasteiger partial charge is 0.0161 e. The summed E-state index contributed by atoms with van der Waals surface area (Å²) in [6, 6.07) is 0. The van der Waals surface area contributed by atoms with Gasteiger partial charge < -0.3 is 0 Å². The van der Waals surface area contributed by atoms with Crippen LogP contribution in [-0.2, 0) is 0 Å². The van der Waals surface area contributed by atoms with Crippen LogP contribution in [0.1, 0.15) is 124 Å². The summed E-state index contributed by atoms with van der Waals surface area (Å²) in [5.41, 5.74) is 0. The van der Waals surface area contributed by atoms with Crippen molar-refractivity contribution in [1.82, 2.24) is 0 Å². The molecule has 0 radical (unpaired) electrons. The molecule has 0 bridgehead atoms. The van der Waals surface area contributed by atoms with E-state index in [-0.39, 0.29) is 0 Å². The Balaban J connectivity index is 3.46. The summed E-state index contributed by atoms with van der Waals surface area (Å²) in [6.45, 7) is 6.88. The van der Waals surface area contributed by atoms with Crippen molar-refractivity contribution in [3.63, 3.8) is 0 Å². The van der Waals surface area contributed by atoms with E-state index in [2.05, 4.69) is 32.5 Å². The third kappa shape index (κ3) is 17.5. The van der Waals surface area contributed by atoms with Crippen LogP contribution in [0.3, 0.4) is 0 Å². The second-order valence-electron chi connectivity index (χ2n) is 7.53. The van der Waals surface area contributed by atoms with E-state index in [0.29, 0.717) is 5.25 Å². The average Bonchev–Trinajstić information content (AvgIpc) is 2.57. The van der Waals surface area contributed by atoms with Crippen LogP contribution in [0.2, 0.25) is 0 Å². The first-order chi connectivity index (χ1) is 11.7. The standard InChI is InChI=1S/C22H46S2/c1-4-6-8-10-12-14-16-18-20-24-22(21(3)23)19-17-15-13-11-9-7-5-2/h21-23H,4-20H2,1-3H3. The van der Waals surface area contributed by atoms with Gasteiger partial charge in [-0.05, 0) is 18.6 Å². The lowest BCUT2D eigenvalue weighted by molar-refractivity contribution is 0.568. The average molecular weight is 375 g/mol. The Hall–Kier alpha value is 0.700. The van der Waals surface area contributed by atoms with Crippen molar-refractivity contribution in [2.24, 2.45) is 0 Å². The number of hydrogen-bond acceptors (Lipinski definition) is 2. The van der Waals surface area contributed by atoms with E-state index >= 15 is 0 Å². The van der Waals surface area contributed by atoms with Gasteiger partial charge in [0.2, 0.25) is 0 Å². The quantitative estimate of drug-likeness (QED) is 0.174. The number of hydrogen-bond donors (Lipinski definition) is 1. The maximum Gasteiger partial charge on any atom is 0.0161 e. The van der Waals surface area contributed by atoms with Crippen molar-refractivity contribution >= 4 is 24.4 Å². The molecule has 2 heteroatoms. The van der Waals surface area contributed by atoms with Gasteiger partial charge in [-0.3, -0.25) is 0 Å². The van der Waals surface area contributed by atoms with Gasteiger partial charge in [-0.25, -0.2) is 0 Å². The van der Waals surface area contributed by atoms with E-state index in [4.69, 9.17) is 12.6 Å². The first-order valence-electron chi connectivity index (χ1n) is 11.0. The van der Waals surface area contributed by atoms with Crippen molar-refractivity contribution in [3.05, 3.63) is 0 Å². The third-order valence-corrected chi connectivity index (χ3v) is 7.12. The molecule has 0 saturated heterocycles. The van der Waals surface area contributed by atoms with Gasteiger partial charge in [-0.15, -0.1) is 0 Å². The molecule has 2 unspecified atom stereocenters. The fourth-order valence-corrected chi connectivity index (χ4v) is 4.93. The van der Waals surface area contributed by atoms with E-state index in [1.165, 1.54) is 108 Å². The van der Waals surface area contributed by atoms with Gasteiger partial charge >= 0.3 is 0 Å². The van der Waals surface area contributed by atoms with Crippen molar-refractivity contribution in [1.29, 1.82) is 0 Å². The summed E-state index contributed by atoms with van der Waals surface area (Å²) in [5, 5.41) is 1.32. The van der Waals surface area contributed by atoms with Crippen LogP contribution in [0, 0.1) is 0 Å². The van der Waals surface area contributed by atoms with Gasteiger partial charge in [0.25, 0.3) is 0 Å². The van der Waals surface area contributed by atoms with Crippen LogP contribution >= 0.6 is 24.4 Å². The molecule has 0 aromatic heterocycles. The number of unbranched alkanes of at least 4 members (excludes halogenated alkanes) is 13. The third-order valence-electron chi connectivity index (χ3n) is 4.96. The van der Waals surface area contributed by atoms with Crippen LogP contribution < -0.4 is 0 Å². The zero-order valence-electron chi connectivity index (χ0n) is 17.0. The highest BCUT2D eigenvalue weighted by Crippen LogP contribution is 2.26. The molecule has 0 aliphatic heterocycles. The maximum atomic E-state index is 4.73. The molecule has 0 N–H and O–H groups in total. The van der Waals surface area contributed by atoms with Gasteiger partial charge in [0.15, 0.2) is 0 Å². The summed E-state index contributed by atoms with van der Waals surface area (Å²) in [6.07, 6.45) is 22.7. The predicted octanol–water partition coefficient (Wildman–Crippen LogP) is 8.69. The second-order valence-corrected chi connectivity index (χ2v) is 9.70. The minimum atomic E-state index is 0.545. The van der Waals surface area contributed by atoms with Gasteiger partial charge in [0.1, 0.15) is 0 Å². The molecular weight excluding hydrogens is 328 g/mol. The van der Waals surface area contributed by atoms with Gasteiger partial charge in [0.05, 0.1) is 0 Å². The highest BCUT2D eigenvalue weighted by molar-refractivity contribution is 8.00. The molecule has 0 aliphatic carbocycles. The predicted molar refractivity (Wildman–Crippen MR) is 120 cm³/mol. The molecule has 0 amide bonds. The topological polar surface area (TPSA) is 0 Å². The molecule has 0 heterocycles. The Morgan fingerprint density at radius 2 is 1.04 bits per heavy atom. The van der Waals surface area contributed by atoms with Crippen molar-refractivity contribution < 1.29 is 0 Å². The van der Waals surface area contributed by atoms with Crippen molar-refractivity contribution in [2.75, 3.05) is 5.75 Å². The Morgan fingerprint density at radius 1 is 0.625 bits per heavy atom. The maximum absolute atomic E-state index is 4.73. The summed E-state index contributed by atoms with van der Waals surface area (Å²) in [4.78, 5) is 0. The molecule has 0 rings (SSSR count). The summed E-state index contributed by atoms with van der Waals surface area (Å²) in [5.74, 6) is 1.35. The lowest BCUT2D eigenvalue weighted by Gasteiger charge is -2.19. The van der Waals surface area contributed by atoms with Crippen LogP contribution in [0.5, 0.6) is 0 Å². The summed E-state index contributed by atoms with van der Waals surface area (Å²) in [7, 11) is 0. The molecule has 0 spiro atoms. The first-order valence-corrected chi connectivity index (χ1v) is 12.6. The second kappa shape index (κ2) is 20.0. The van der Waals surface area contributed by atoms with Gasteiger partial charge in [0, 0.05) is 10.5 Å². The molecule has 0 aromatic rings. The molecular formula is C22H46S2. The van der Waals surface area contributed by atoms with Crippen molar-refractivity contribution in [3.8, 4) is 0 Å². The minimum Gasteiger partial charge on any atom is -0.175 e. The molecule has 0 aromatic carbocycles. The molecule has 24 heavy (non-hydrogen) atoms. The SMILES string of the molecule is CCCCCCCCCCSC(CCCCCCCCC)C(C)S. The zero-order chi connectivity index (χ0) is 17.9. The van der Waals surface area contributed by atoms with Crippen LogP contribution in [0.25, 0.3) is 0 Å². The molecule has 0 nitrogen and oxygen atoms in total. The van der Waals surface area contributed by atoms with Crippen molar-refractivity contribution in [2.45, 2.75) is 134 Å². The van der Waals surface area contributed by atoms with Gasteiger partial charge in [-0.1, -0.05) is 111 Å². The Bertz CT molecular complexity index is 228. The van der Waals surface area contributed by atoms with E-state index in [1.807, 2.05) is 0 Å². The lowest BCUT2D eigenvalue weighted by atomic mass is 10.1. The van der Waals surface area contributed by atoms with Gasteiger partial charge in [-0.2, -0.15) is 24.4 Å². The first kappa shape index (κ1) is 24.7. The normalized spacial score (nSPS) is 14.0. The molecule has 0 fully saturated rings. The zero-order valence-corrected chi connectivity index (χ0v) is 18.7. The molecule has 2 atom stereocenters. The Morgan fingerprint density at radius 3 is 1.50 bits per heavy atom. The fraction of sp³-hybridized carbons (Fsp3) is 1.00. The van der Waals surface area contributed by atoms with E-state index in [1.54, 1.807) is 0 Å². The van der Waals surface area contributed by atoms with Crippen LogP contribution in [0.4, 0.5) is 0 Å². The van der Waals surface area contributed by atoms with Crippen LogP contribution in [0.15, 0.2) is 0 Å². The number of thioether (sulfide) groups is 1. The Kier molecular flexibility index (Phi) is 20.6. The monoisotopic (exact) mass is 374 g/mol. The Labute approximate surface area is 164 Å². The lowest BCUT2D eigenvalue weighted by Crippen LogP contribution is -2.15. The minimum absolute atomic E-state index is 0.545. The molecule has 0 aliphatic rings. The largest absolute Gasteiger partial charge is 0.175 e. The van der Waals surface area contributed by atoms with Crippen LogP contribution in [-0.4, -0.2) is 16.3 Å². The van der Waals surface area contributed by atoms with E-state index in [0.717, 1.165) is 5.25 Å². The number of rotatable bonds is 19. The molecule has 146 valence electrons. The fourth-order valence-electron chi connectivity index (χ4n) is 3.24. The highest BCUT2D eigenvalue weighted by Gasteiger charge is 2.13. The van der Waals surface area contributed by atoms with E-state index in [9.17, 15) is 0 Å².